The molecule has 80 valence electrons. The molecule has 0 saturated carbocycles. The third-order valence-corrected chi connectivity index (χ3v) is 15.3. The summed E-state index contributed by atoms with van der Waals surface area (Å²) in [6.45, 7) is 6.94. The van der Waals surface area contributed by atoms with E-state index in [1.807, 2.05) is 0 Å². The van der Waals surface area contributed by atoms with Crippen LogP contribution < -0.4 is 5.30 Å². The molecule has 1 aromatic carbocycles. The van der Waals surface area contributed by atoms with Gasteiger partial charge in [0.15, 0.2) is 0 Å². The molecular formula is C12H20BrP. The van der Waals surface area contributed by atoms with Crippen LogP contribution in [0.4, 0.5) is 0 Å². The zero-order chi connectivity index (χ0) is 10.7. The molecule has 0 fully saturated rings. The molecule has 0 radical (unpaired) electrons. The van der Waals surface area contributed by atoms with Crippen LogP contribution in [0.1, 0.15) is 20.8 Å². The van der Waals surface area contributed by atoms with E-state index in [0.29, 0.717) is 0 Å². The van der Waals surface area contributed by atoms with Crippen molar-refractivity contribution in [1.82, 2.24) is 0 Å². The summed E-state index contributed by atoms with van der Waals surface area (Å²) in [5.74, 6) is 0. The average Bonchev–Trinajstić information content (AvgIpc) is 2.30. The first kappa shape index (κ1) is 12.2. The molecule has 0 unspecified atom stereocenters. The first-order valence-corrected chi connectivity index (χ1v) is 10.2. The van der Waals surface area contributed by atoms with Gasteiger partial charge in [-0.2, -0.15) is 0 Å². The van der Waals surface area contributed by atoms with Gasteiger partial charge in [0, 0.05) is 0 Å². The SMILES string of the molecule is CCP(Br)(CC)(CC)c1ccccc1. The molecule has 0 aliphatic rings. The molecule has 0 bridgehead atoms. The van der Waals surface area contributed by atoms with Crippen LogP contribution in [0, 0.1) is 0 Å². The average molecular weight is 275 g/mol. The summed E-state index contributed by atoms with van der Waals surface area (Å²) in [5.41, 5.74) is 0. The van der Waals surface area contributed by atoms with Gasteiger partial charge in [-0.25, -0.2) is 0 Å². The normalized spacial score (nSPS) is 14.7. The second kappa shape index (κ2) is 4.33. The van der Waals surface area contributed by atoms with Crippen molar-refractivity contribution in [3.8, 4) is 0 Å². The summed E-state index contributed by atoms with van der Waals surface area (Å²) in [5, 5.41) is -0.223. The number of benzene rings is 1. The summed E-state index contributed by atoms with van der Waals surface area (Å²) < 4.78 is 0. The second-order valence-corrected chi connectivity index (χ2v) is 15.0. The quantitative estimate of drug-likeness (QED) is 0.721. The topological polar surface area (TPSA) is 0 Å². The van der Waals surface area contributed by atoms with Gasteiger partial charge in [0.25, 0.3) is 0 Å². The molecule has 0 atom stereocenters. The minimum absolute atomic E-state index is 1.25. The van der Waals surface area contributed by atoms with Gasteiger partial charge in [0.1, 0.15) is 0 Å². The zero-order valence-corrected chi connectivity index (χ0v) is 11.8. The van der Waals surface area contributed by atoms with E-state index in [-0.39, 0.29) is 0 Å². The minimum atomic E-state index is -1.76. The molecule has 0 aliphatic heterocycles. The molecule has 0 aromatic heterocycles. The van der Waals surface area contributed by atoms with E-state index in [4.69, 9.17) is 0 Å². The van der Waals surface area contributed by atoms with Crippen LogP contribution in [-0.4, -0.2) is 18.5 Å². The number of hydrogen-bond donors (Lipinski definition) is 0. The predicted molar refractivity (Wildman–Crippen MR) is 73.5 cm³/mol. The Morgan fingerprint density at radius 3 is 1.71 bits per heavy atom. The van der Waals surface area contributed by atoms with E-state index < -0.39 is 5.31 Å². The van der Waals surface area contributed by atoms with Gasteiger partial charge < -0.3 is 0 Å². The van der Waals surface area contributed by atoms with Crippen molar-refractivity contribution in [2.45, 2.75) is 20.8 Å². The molecule has 0 heterocycles. The summed E-state index contributed by atoms with van der Waals surface area (Å²) in [6.07, 6.45) is 3.76. The molecule has 0 nitrogen and oxygen atoms in total. The number of hydrogen-bond acceptors (Lipinski definition) is 0. The van der Waals surface area contributed by atoms with Crippen molar-refractivity contribution >= 4 is 26.1 Å². The maximum atomic E-state index is 4.13. The van der Waals surface area contributed by atoms with Crippen LogP contribution in [0.2, 0.25) is 0 Å². The predicted octanol–water partition coefficient (Wildman–Crippen LogP) is 4.23. The Kier molecular flexibility index (Phi) is 3.77. The molecule has 0 aliphatic carbocycles. The molecule has 0 saturated heterocycles. The van der Waals surface area contributed by atoms with Crippen LogP contribution in [0.3, 0.4) is 0 Å². The van der Waals surface area contributed by atoms with Gasteiger partial charge in [-0.3, -0.25) is 0 Å². The van der Waals surface area contributed by atoms with Gasteiger partial charge in [-0.05, 0) is 0 Å². The third kappa shape index (κ3) is 1.90. The molecule has 2 heteroatoms. The Bertz CT molecular complexity index is 279. The van der Waals surface area contributed by atoms with E-state index >= 15 is 0 Å². The maximum absolute atomic E-state index is 4.13. The van der Waals surface area contributed by atoms with Crippen molar-refractivity contribution in [2.24, 2.45) is 0 Å². The molecule has 0 amide bonds. The molecule has 1 rings (SSSR count). The van der Waals surface area contributed by atoms with E-state index in [1.54, 1.807) is 0 Å². The molecular weight excluding hydrogens is 255 g/mol. The fourth-order valence-electron chi connectivity index (χ4n) is 2.02. The zero-order valence-electron chi connectivity index (χ0n) is 9.33. The Balaban J connectivity index is 3.25. The first-order chi connectivity index (χ1) is 6.59. The first-order valence-electron chi connectivity index (χ1n) is 5.37. The van der Waals surface area contributed by atoms with E-state index in [1.165, 1.54) is 23.8 Å². The van der Waals surface area contributed by atoms with Crippen LogP contribution >= 0.6 is 20.8 Å². The summed E-state index contributed by atoms with van der Waals surface area (Å²) in [7, 11) is 0. The van der Waals surface area contributed by atoms with Gasteiger partial charge >= 0.3 is 95.7 Å². The Morgan fingerprint density at radius 1 is 0.929 bits per heavy atom. The van der Waals surface area contributed by atoms with Crippen LogP contribution in [0.15, 0.2) is 30.3 Å². The summed E-state index contributed by atoms with van der Waals surface area (Å²) in [6, 6.07) is 11.0. The van der Waals surface area contributed by atoms with Gasteiger partial charge in [0.05, 0.1) is 0 Å². The Hall–Kier alpha value is 0.130. The van der Waals surface area contributed by atoms with Crippen molar-refractivity contribution < 1.29 is 0 Å². The number of rotatable bonds is 4. The summed E-state index contributed by atoms with van der Waals surface area (Å²) >= 11 is 4.13. The fourth-order valence-corrected chi connectivity index (χ4v) is 6.08. The van der Waals surface area contributed by atoms with Crippen molar-refractivity contribution in [2.75, 3.05) is 18.5 Å². The standard InChI is InChI=1S/C12H20BrP/c1-4-14(13,5-2,6-3)12-10-8-7-9-11-12/h7-11H,4-6H2,1-3H3. The number of halogens is 1. The second-order valence-electron chi connectivity index (χ2n) is 3.87. The van der Waals surface area contributed by atoms with Crippen molar-refractivity contribution in [1.29, 1.82) is 0 Å². The molecule has 0 N–H and O–H groups in total. The van der Waals surface area contributed by atoms with Crippen LogP contribution in [-0.2, 0) is 0 Å². The fraction of sp³-hybridized carbons (Fsp3) is 0.500. The van der Waals surface area contributed by atoms with E-state index in [2.05, 4.69) is 66.6 Å². The van der Waals surface area contributed by atoms with Crippen LogP contribution in [0.25, 0.3) is 0 Å². The van der Waals surface area contributed by atoms with E-state index in [9.17, 15) is 0 Å². The van der Waals surface area contributed by atoms with Crippen molar-refractivity contribution in [3.63, 3.8) is 0 Å². The van der Waals surface area contributed by atoms with Gasteiger partial charge in [-0.15, -0.1) is 0 Å². The summed E-state index contributed by atoms with van der Waals surface area (Å²) in [4.78, 5) is 0. The van der Waals surface area contributed by atoms with Gasteiger partial charge in [-0.1, -0.05) is 0 Å². The Labute approximate surface area is 95.8 Å². The molecule has 1 aromatic rings. The van der Waals surface area contributed by atoms with Crippen LogP contribution in [0.5, 0.6) is 0 Å². The monoisotopic (exact) mass is 274 g/mol. The third-order valence-electron chi connectivity index (χ3n) is 3.58. The Morgan fingerprint density at radius 2 is 1.36 bits per heavy atom. The van der Waals surface area contributed by atoms with E-state index in [0.717, 1.165) is 0 Å². The van der Waals surface area contributed by atoms with Crippen molar-refractivity contribution in [3.05, 3.63) is 30.3 Å². The van der Waals surface area contributed by atoms with Gasteiger partial charge in [0.2, 0.25) is 0 Å². The molecule has 14 heavy (non-hydrogen) atoms. The molecule has 0 spiro atoms.